The molecule has 1 fully saturated rings. The molecule has 0 unspecified atom stereocenters. The van der Waals surface area contributed by atoms with Crippen molar-refractivity contribution in [3.63, 3.8) is 0 Å². The molecule has 11 nitrogen and oxygen atoms in total. The molecule has 11 heteroatoms. The molecule has 3 heterocycles. The molecule has 1 saturated carbocycles. The SMILES string of the molecule is Cc1ccc(NC(=O)C(=O)N[C@H]2CC[C@H](C(=O)N(C)C)C[C@H]2NC(=O)c2ccc3c(n2)CCNC3)nc1. The molecule has 0 aromatic carbocycles. The smallest absolute Gasteiger partial charge is 0.314 e. The number of nitrogens with zero attached hydrogens (tertiary/aromatic N) is 3. The van der Waals surface area contributed by atoms with Crippen molar-refractivity contribution in [2.45, 2.75) is 51.2 Å². The number of aromatic nitrogens is 2. The second-order valence-corrected chi connectivity index (χ2v) is 9.81. The highest BCUT2D eigenvalue weighted by atomic mass is 16.2. The highest BCUT2D eigenvalue weighted by molar-refractivity contribution is 6.39. The van der Waals surface area contributed by atoms with Gasteiger partial charge in [-0.25, -0.2) is 9.97 Å². The summed E-state index contributed by atoms with van der Waals surface area (Å²) in [5.74, 6) is -2.13. The topological polar surface area (TPSA) is 145 Å². The van der Waals surface area contributed by atoms with E-state index in [0.717, 1.165) is 36.3 Å². The lowest BCUT2D eigenvalue weighted by atomic mass is 9.81. The second-order valence-electron chi connectivity index (χ2n) is 9.81. The van der Waals surface area contributed by atoms with Crippen LogP contribution in [0.25, 0.3) is 0 Å². The van der Waals surface area contributed by atoms with Crippen molar-refractivity contribution < 1.29 is 19.2 Å². The number of carbonyl (C=O) groups is 4. The van der Waals surface area contributed by atoms with Crippen LogP contribution in [-0.4, -0.2) is 71.2 Å². The number of pyridine rings is 2. The fourth-order valence-electron chi connectivity index (χ4n) is 4.75. The lowest BCUT2D eigenvalue weighted by Gasteiger charge is -2.37. The van der Waals surface area contributed by atoms with Crippen molar-refractivity contribution >= 4 is 29.4 Å². The van der Waals surface area contributed by atoms with Gasteiger partial charge in [-0.05, 0) is 49.4 Å². The van der Waals surface area contributed by atoms with Gasteiger partial charge in [0.15, 0.2) is 0 Å². The number of rotatable bonds is 5. The van der Waals surface area contributed by atoms with Crippen molar-refractivity contribution in [3.05, 3.63) is 53.0 Å². The molecule has 2 aromatic heterocycles. The Morgan fingerprint density at radius 3 is 2.54 bits per heavy atom. The summed E-state index contributed by atoms with van der Waals surface area (Å²) in [6, 6.07) is 5.89. The Balaban J connectivity index is 1.46. The molecule has 4 rings (SSSR count). The van der Waals surface area contributed by atoms with E-state index in [1.807, 2.05) is 13.0 Å². The quantitative estimate of drug-likeness (QED) is 0.432. The summed E-state index contributed by atoms with van der Waals surface area (Å²) in [4.78, 5) is 61.2. The number of carbonyl (C=O) groups excluding carboxylic acids is 4. The molecule has 0 saturated heterocycles. The summed E-state index contributed by atoms with van der Waals surface area (Å²) >= 11 is 0. The largest absolute Gasteiger partial charge is 0.349 e. The van der Waals surface area contributed by atoms with E-state index >= 15 is 0 Å². The van der Waals surface area contributed by atoms with Gasteiger partial charge < -0.3 is 26.2 Å². The Labute approximate surface area is 215 Å². The summed E-state index contributed by atoms with van der Waals surface area (Å²) in [7, 11) is 3.39. The Hall–Kier alpha value is -3.86. The number of fused-ring (bicyclic) bond motifs is 1. The minimum absolute atomic E-state index is 0.0355. The average Bonchev–Trinajstić information content (AvgIpc) is 2.90. The van der Waals surface area contributed by atoms with E-state index in [2.05, 4.69) is 31.2 Å². The Kier molecular flexibility index (Phi) is 8.12. The van der Waals surface area contributed by atoms with Gasteiger partial charge in [0.1, 0.15) is 11.5 Å². The molecule has 4 N–H and O–H groups in total. The first-order valence-corrected chi connectivity index (χ1v) is 12.5. The van der Waals surface area contributed by atoms with Crippen LogP contribution in [0.2, 0.25) is 0 Å². The van der Waals surface area contributed by atoms with Gasteiger partial charge in [0.05, 0.1) is 6.04 Å². The van der Waals surface area contributed by atoms with Gasteiger partial charge in [-0.3, -0.25) is 19.2 Å². The van der Waals surface area contributed by atoms with E-state index in [1.165, 1.54) is 4.90 Å². The number of anilines is 1. The maximum Gasteiger partial charge on any atom is 0.314 e. The molecule has 1 aliphatic carbocycles. The molecule has 3 atom stereocenters. The van der Waals surface area contributed by atoms with Crippen LogP contribution < -0.4 is 21.3 Å². The number of nitrogens with one attached hydrogen (secondary N) is 4. The molecule has 0 spiro atoms. The van der Waals surface area contributed by atoms with Crippen LogP contribution in [0, 0.1) is 12.8 Å². The van der Waals surface area contributed by atoms with Crippen molar-refractivity contribution in [2.24, 2.45) is 5.92 Å². The van der Waals surface area contributed by atoms with Crippen LogP contribution in [0.15, 0.2) is 30.5 Å². The van der Waals surface area contributed by atoms with Gasteiger partial charge in [0.2, 0.25) is 5.91 Å². The van der Waals surface area contributed by atoms with E-state index in [0.29, 0.717) is 19.3 Å². The van der Waals surface area contributed by atoms with E-state index in [-0.39, 0.29) is 29.2 Å². The molecule has 1 aliphatic heterocycles. The van der Waals surface area contributed by atoms with Gasteiger partial charge in [0, 0.05) is 57.5 Å². The number of amides is 4. The zero-order valence-electron chi connectivity index (χ0n) is 21.3. The molecule has 0 radical (unpaired) electrons. The maximum atomic E-state index is 13.2. The van der Waals surface area contributed by atoms with E-state index < -0.39 is 23.9 Å². The monoisotopic (exact) mass is 507 g/mol. The molecular formula is C26H33N7O4. The number of hydrogen-bond donors (Lipinski definition) is 4. The van der Waals surface area contributed by atoms with E-state index in [9.17, 15) is 19.2 Å². The third-order valence-corrected chi connectivity index (χ3v) is 6.79. The lowest BCUT2D eigenvalue weighted by molar-refractivity contribution is -0.137. The predicted molar refractivity (Wildman–Crippen MR) is 136 cm³/mol. The van der Waals surface area contributed by atoms with Gasteiger partial charge in [-0.2, -0.15) is 0 Å². The van der Waals surface area contributed by atoms with Crippen molar-refractivity contribution in [1.82, 2.24) is 30.8 Å². The van der Waals surface area contributed by atoms with Crippen LogP contribution in [0.5, 0.6) is 0 Å². The first-order chi connectivity index (χ1) is 17.7. The third kappa shape index (κ3) is 6.48. The molecule has 2 aromatic rings. The standard InChI is InChI=1S/C26H33N7O4/c1-15-4-9-22(28-13-15)32-25(36)24(35)30-19-7-5-16(26(37)33(2)3)12-21(19)31-23(34)20-8-6-17-14-27-11-10-18(17)29-20/h4,6,8-9,13,16,19,21,27H,5,7,10-12,14H2,1-3H3,(H,30,35)(H,31,34)(H,28,32,36)/t16-,19-,21+/m0/s1. The van der Waals surface area contributed by atoms with Crippen LogP contribution in [0.3, 0.4) is 0 Å². The Morgan fingerprint density at radius 2 is 1.81 bits per heavy atom. The summed E-state index contributed by atoms with van der Waals surface area (Å²) in [5.41, 5.74) is 3.17. The Bertz CT molecular complexity index is 1180. The van der Waals surface area contributed by atoms with Gasteiger partial charge in [-0.1, -0.05) is 12.1 Å². The van der Waals surface area contributed by atoms with Crippen LogP contribution in [0.4, 0.5) is 5.82 Å². The number of hydrogen-bond acceptors (Lipinski definition) is 7. The normalized spacial score (nSPS) is 20.8. The fraction of sp³-hybridized carbons (Fsp3) is 0.462. The van der Waals surface area contributed by atoms with Crippen LogP contribution in [-0.2, 0) is 27.3 Å². The molecule has 37 heavy (non-hydrogen) atoms. The van der Waals surface area contributed by atoms with Gasteiger partial charge in [-0.15, -0.1) is 0 Å². The average molecular weight is 508 g/mol. The van der Waals surface area contributed by atoms with Crippen molar-refractivity contribution in [2.75, 3.05) is 26.0 Å². The summed E-state index contributed by atoms with van der Waals surface area (Å²) in [6.45, 7) is 3.39. The van der Waals surface area contributed by atoms with Crippen molar-refractivity contribution in [1.29, 1.82) is 0 Å². The summed E-state index contributed by atoms with van der Waals surface area (Å²) < 4.78 is 0. The molecule has 4 amide bonds. The fourth-order valence-corrected chi connectivity index (χ4v) is 4.75. The van der Waals surface area contributed by atoms with Gasteiger partial charge >= 0.3 is 11.8 Å². The van der Waals surface area contributed by atoms with E-state index in [1.54, 1.807) is 38.5 Å². The zero-order chi connectivity index (χ0) is 26.5. The number of aryl methyl sites for hydroxylation is 1. The molecule has 0 bridgehead atoms. The predicted octanol–water partition coefficient (Wildman–Crippen LogP) is 0.541. The second kappa shape index (κ2) is 11.5. The third-order valence-electron chi connectivity index (χ3n) is 6.79. The van der Waals surface area contributed by atoms with Crippen LogP contribution in [0.1, 0.15) is 46.6 Å². The van der Waals surface area contributed by atoms with E-state index in [4.69, 9.17) is 0 Å². The zero-order valence-corrected chi connectivity index (χ0v) is 21.3. The summed E-state index contributed by atoms with van der Waals surface area (Å²) in [5, 5.41) is 11.5. The van der Waals surface area contributed by atoms with Crippen molar-refractivity contribution in [3.8, 4) is 0 Å². The first kappa shape index (κ1) is 26.2. The molecule has 2 aliphatic rings. The van der Waals surface area contributed by atoms with Gasteiger partial charge in [0.25, 0.3) is 5.91 Å². The highest BCUT2D eigenvalue weighted by Gasteiger charge is 2.37. The Morgan fingerprint density at radius 1 is 1.00 bits per heavy atom. The summed E-state index contributed by atoms with van der Waals surface area (Å²) in [6.07, 6.45) is 3.62. The van der Waals surface area contributed by atoms with Crippen LogP contribution >= 0.6 is 0 Å². The highest BCUT2D eigenvalue weighted by Crippen LogP contribution is 2.27. The first-order valence-electron chi connectivity index (χ1n) is 12.5. The minimum atomic E-state index is -0.849. The minimum Gasteiger partial charge on any atom is -0.349 e. The molecule has 196 valence electrons. The lowest BCUT2D eigenvalue weighted by Crippen LogP contribution is -2.57. The maximum absolute atomic E-state index is 13.2. The molecular weight excluding hydrogens is 474 g/mol.